The summed E-state index contributed by atoms with van der Waals surface area (Å²) in [6, 6.07) is 8.93. The van der Waals surface area contributed by atoms with Crippen LogP contribution in [0.5, 0.6) is 0 Å². The SMILES string of the molecule is CCNC(=NCc1ccc(CN2CCCCCC2)cc1)N1CCC(C(=O)OC)CC1. The van der Waals surface area contributed by atoms with E-state index in [2.05, 4.69) is 46.3 Å². The van der Waals surface area contributed by atoms with E-state index in [9.17, 15) is 4.79 Å². The Morgan fingerprint density at radius 2 is 1.67 bits per heavy atom. The van der Waals surface area contributed by atoms with Gasteiger partial charge in [0.2, 0.25) is 0 Å². The number of ether oxygens (including phenoxy) is 1. The minimum atomic E-state index is -0.0862. The van der Waals surface area contributed by atoms with Gasteiger partial charge in [-0.25, -0.2) is 4.99 Å². The number of carbonyl (C=O) groups is 1. The van der Waals surface area contributed by atoms with E-state index in [1.165, 1.54) is 57.0 Å². The summed E-state index contributed by atoms with van der Waals surface area (Å²) in [4.78, 5) is 21.5. The molecule has 0 radical (unpaired) electrons. The number of carbonyl (C=O) groups excluding carboxylic acids is 1. The molecule has 166 valence electrons. The molecule has 6 nitrogen and oxygen atoms in total. The van der Waals surface area contributed by atoms with Gasteiger partial charge < -0.3 is 15.0 Å². The van der Waals surface area contributed by atoms with Crippen molar-refractivity contribution in [2.45, 2.75) is 58.5 Å². The molecular weight excluding hydrogens is 376 g/mol. The Morgan fingerprint density at radius 3 is 2.27 bits per heavy atom. The van der Waals surface area contributed by atoms with Crippen LogP contribution in [0.15, 0.2) is 29.3 Å². The van der Waals surface area contributed by atoms with Crippen LogP contribution < -0.4 is 5.32 Å². The summed E-state index contributed by atoms with van der Waals surface area (Å²) in [5, 5.41) is 3.41. The van der Waals surface area contributed by atoms with Crippen LogP contribution in [0.3, 0.4) is 0 Å². The average Bonchev–Trinajstić information content (AvgIpc) is 3.06. The predicted molar refractivity (Wildman–Crippen MR) is 121 cm³/mol. The van der Waals surface area contributed by atoms with Crippen molar-refractivity contribution in [2.75, 3.05) is 39.8 Å². The Kier molecular flexibility index (Phi) is 9.00. The summed E-state index contributed by atoms with van der Waals surface area (Å²) in [5.74, 6) is 0.872. The molecule has 0 spiro atoms. The van der Waals surface area contributed by atoms with Gasteiger partial charge >= 0.3 is 5.97 Å². The van der Waals surface area contributed by atoms with Gasteiger partial charge in [0.1, 0.15) is 0 Å². The van der Waals surface area contributed by atoms with Crippen molar-refractivity contribution in [3.63, 3.8) is 0 Å². The normalized spacial score (nSPS) is 19.4. The van der Waals surface area contributed by atoms with Gasteiger partial charge in [-0.2, -0.15) is 0 Å². The number of piperidine rings is 1. The highest BCUT2D eigenvalue weighted by Gasteiger charge is 2.26. The van der Waals surface area contributed by atoms with Crippen LogP contribution in [-0.2, 0) is 22.6 Å². The molecule has 3 rings (SSSR count). The molecule has 2 fully saturated rings. The minimum absolute atomic E-state index is 0.0193. The van der Waals surface area contributed by atoms with Crippen molar-refractivity contribution >= 4 is 11.9 Å². The first-order chi connectivity index (χ1) is 14.7. The molecule has 0 aromatic heterocycles. The van der Waals surface area contributed by atoms with Gasteiger partial charge in [0.05, 0.1) is 19.6 Å². The monoisotopic (exact) mass is 414 g/mol. The Labute approximate surface area is 181 Å². The molecule has 0 saturated carbocycles. The van der Waals surface area contributed by atoms with E-state index >= 15 is 0 Å². The zero-order chi connectivity index (χ0) is 21.2. The van der Waals surface area contributed by atoms with E-state index in [0.29, 0.717) is 6.54 Å². The first-order valence-electron chi connectivity index (χ1n) is 11.6. The molecule has 2 heterocycles. The third-order valence-corrected chi connectivity index (χ3v) is 6.20. The number of hydrogen-bond donors (Lipinski definition) is 1. The van der Waals surface area contributed by atoms with Gasteiger partial charge in [-0.05, 0) is 56.8 Å². The van der Waals surface area contributed by atoms with E-state index in [1.807, 2.05) is 0 Å². The topological polar surface area (TPSA) is 57.2 Å². The Balaban J connectivity index is 1.53. The van der Waals surface area contributed by atoms with Gasteiger partial charge in [-0.1, -0.05) is 37.1 Å². The van der Waals surface area contributed by atoms with Crippen molar-refractivity contribution < 1.29 is 9.53 Å². The number of esters is 1. The number of aliphatic imine (C=N–C) groups is 1. The van der Waals surface area contributed by atoms with Crippen LogP contribution in [0.2, 0.25) is 0 Å². The lowest BCUT2D eigenvalue weighted by molar-refractivity contribution is -0.146. The van der Waals surface area contributed by atoms with Gasteiger partial charge in [0.25, 0.3) is 0 Å². The Bertz CT molecular complexity index is 673. The quantitative estimate of drug-likeness (QED) is 0.439. The zero-order valence-electron chi connectivity index (χ0n) is 18.7. The summed E-state index contributed by atoms with van der Waals surface area (Å²) in [6.45, 7) is 8.78. The molecular formula is C24H38N4O2. The molecule has 6 heteroatoms. The maximum atomic E-state index is 11.8. The fourth-order valence-electron chi connectivity index (χ4n) is 4.39. The fourth-order valence-corrected chi connectivity index (χ4v) is 4.39. The number of guanidine groups is 1. The van der Waals surface area contributed by atoms with E-state index in [4.69, 9.17) is 9.73 Å². The highest BCUT2D eigenvalue weighted by atomic mass is 16.5. The van der Waals surface area contributed by atoms with Crippen molar-refractivity contribution in [1.82, 2.24) is 15.1 Å². The minimum Gasteiger partial charge on any atom is -0.469 e. The Hall–Kier alpha value is -2.08. The number of rotatable bonds is 6. The molecule has 30 heavy (non-hydrogen) atoms. The number of benzene rings is 1. The van der Waals surface area contributed by atoms with Crippen LogP contribution in [-0.4, -0.2) is 61.6 Å². The Morgan fingerprint density at radius 1 is 1.03 bits per heavy atom. The second-order valence-electron chi connectivity index (χ2n) is 8.46. The molecule has 0 aliphatic carbocycles. The van der Waals surface area contributed by atoms with Crippen LogP contribution in [0, 0.1) is 5.92 Å². The van der Waals surface area contributed by atoms with Crippen molar-refractivity contribution in [2.24, 2.45) is 10.9 Å². The van der Waals surface area contributed by atoms with Gasteiger partial charge in [0.15, 0.2) is 5.96 Å². The number of hydrogen-bond acceptors (Lipinski definition) is 4. The molecule has 2 aliphatic heterocycles. The third kappa shape index (κ3) is 6.73. The van der Waals surface area contributed by atoms with Gasteiger partial charge in [-0.3, -0.25) is 9.69 Å². The smallest absolute Gasteiger partial charge is 0.308 e. The second kappa shape index (κ2) is 11.9. The average molecular weight is 415 g/mol. The summed E-state index contributed by atoms with van der Waals surface area (Å²) in [7, 11) is 1.47. The molecule has 0 atom stereocenters. The van der Waals surface area contributed by atoms with E-state index in [1.54, 1.807) is 0 Å². The van der Waals surface area contributed by atoms with Crippen molar-refractivity contribution in [3.8, 4) is 0 Å². The highest BCUT2D eigenvalue weighted by Crippen LogP contribution is 2.19. The molecule has 2 aliphatic rings. The van der Waals surface area contributed by atoms with E-state index in [-0.39, 0.29) is 11.9 Å². The van der Waals surface area contributed by atoms with Gasteiger partial charge in [-0.15, -0.1) is 0 Å². The molecule has 0 bridgehead atoms. The van der Waals surface area contributed by atoms with Crippen molar-refractivity contribution in [3.05, 3.63) is 35.4 Å². The van der Waals surface area contributed by atoms with Crippen LogP contribution in [0.25, 0.3) is 0 Å². The van der Waals surface area contributed by atoms with Crippen molar-refractivity contribution in [1.29, 1.82) is 0 Å². The molecule has 2 saturated heterocycles. The van der Waals surface area contributed by atoms with Gasteiger partial charge in [0, 0.05) is 26.2 Å². The maximum Gasteiger partial charge on any atom is 0.308 e. The fraction of sp³-hybridized carbons (Fsp3) is 0.667. The number of methoxy groups -OCH3 is 1. The first-order valence-corrected chi connectivity index (χ1v) is 11.6. The highest BCUT2D eigenvalue weighted by molar-refractivity contribution is 5.80. The van der Waals surface area contributed by atoms with E-state index < -0.39 is 0 Å². The van der Waals surface area contributed by atoms with Crippen LogP contribution in [0.1, 0.15) is 56.6 Å². The largest absolute Gasteiger partial charge is 0.469 e. The number of likely N-dealkylation sites (tertiary alicyclic amines) is 2. The number of nitrogens with zero attached hydrogens (tertiary/aromatic N) is 3. The summed E-state index contributed by atoms with van der Waals surface area (Å²) in [5.41, 5.74) is 2.62. The summed E-state index contributed by atoms with van der Waals surface area (Å²) >= 11 is 0. The summed E-state index contributed by atoms with van der Waals surface area (Å²) < 4.78 is 4.90. The lowest BCUT2D eigenvalue weighted by atomic mass is 9.97. The second-order valence-corrected chi connectivity index (χ2v) is 8.46. The lowest BCUT2D eigenvalue weighted by Gasteiger charge is -2.33. The standard InChI is InChI=1S/C24H38N4O2/c1-3-25-24(28-16-12-22(13-17-28)23(29)30-2)26-18-20-8-10-21(11-9-20)19-27-14-6-4-5-7-15-27/h8-11,22H,3-7,12-19H2,1-2H3,(H,25,26). The molecule has 1 aromatic rings. The molecule has 0 amide bonds. The molecule has 1 aromatic carbocycles. The molecule has 0 unspecified atom stereocenters. The lowest BCUT2D eigenvalue weighted by Crippen LogP contribution is -2.46. The van der Waals surface area contributed by atoms with Crippen LogP contribution in [0.4, 0.5) is 0 Å². The third-order valence-electron chi connectivity index (χ3n) is 6.20. The van der Waals surface area contributed by atoms with Crippen LogP contribution >= 0.6 is 0 Å². The molecule has 1 N–H and O–H groups in total. The number of nitrogens with one attached hydrogen (secondary N) is 1. The zero-order valence-corrected chi connectivity index (χ0v) is 18.7. The van der Waals surface area contributed by atoms with E-state index in [0.717, 1.165) is 45.0 Å². The predicted octanol–water partition coefficient (Wildman–Crippen LogP) is 3.41. The summed E-state index contributed by atoms with van der Waals surface area (Å²) in [6.07, 6.45) is 7.06. The first kappa shape index (κ1) is 22.6. The maximum absolute atomic E-state index is 11.8.